The summed E-state index contributed by atoms with van der Waals surface area (Å²) in [6.45, 7) is 0. The summed E-state index contributed by atoms with van der Waals surface area (Å²) in [7, 11) is 0. The van der Waals surface area contributed by atoms with Crippen molar-refractivity contribution in [3.05, 3.63) is 17.7 Å². The first-order chi connectivity index (χ1) is 7.56. The zero-order chi connectivity index (χ0) is 12.1. The first-order valence-corrected chi connectivity index (χ1v) is 4.78. The number of hydrogen-bond donors (Lipinski definition) is 5. The molecule has 1 rings (SSSR count). The third-order valence-corrected chi connectivity index (χ3v) is 2.22. The van der Waals surface area contributed by atoms with Gasteiger partial charge in [-0.05, 0) is 24.5 Å². The van der Waals surface area contributed by atoms with Crippen LogP contribution >= 0.6 is 0 Å². The van der Waals surface area contributed by atoms with Crippen LogP contribution in [0.1, 0.15) is 18.4 Å². The Morgan fingerprint density at radius 2 is 1.94 bits per heavy atom. The monoisotopic (exact) mass is 226 g/mol. The molecule has 0 heterocycles. The lowest BCUT2D eigenvalue weighted by molar-refractivity contribution is -0.121. The van der Waals surface area contributed by atoms with Crippen molar-refractivity contribution in [3.8, 4) is 17.2 Å². The van der Waals surface area contributed by atoms with E-state index in [2.05, 4.69) is 0 Å². The van der Waals surface area contributed by atoms with E-state index in [0.29, 0.717) is 18.4 Å². The van der Waals surface area contributed by atoms with Crippen molar-refractivity contribution in [1.82, 2.24) is 5.43 Å². The molecule has 0 unspecified atom stereocenters. The van der Waals surface area contributed by atoms with E-state index >= 15 is 0 Å². The largest absolute Gasteiger partial charge is 0.504 e. The van der Waals surface area contributed by atoms with E-state index in [4.69, 9.17) is 10.9 Å². The molecule has 1 amide bonds. The molecule has 1 aromatic rings. The topological polar surface area (TPSA) is 116 Å². The van der Waals surface area contributed by atoms with Crippen molar-refractivity contribution in [1.29, 1.82) is 0 Å². The average molecular weight is 226 g/mol. The Morgan fingerprint density at radius 1 is 1.25 bits per heavy atom. The summed E-state index contributed by atoms with van der Waals surface area (Å²) in [6, 6.07) is 2.78. The number of carbonyl (C=O) groups is 1. The molecule has 0 aliphatic rings. The quantitative estimate of drug-likeness (QED) is 0.216. The van der Waals surface area contributed by atoms with Crippen LogP contribution in [0.2, 0.25) is 0 Å². The van der Waals surface area contributed by atoms with Crippen LogP contribution < -0.4 is 11.3 Å². The van der Waals surface area contributed by atoms with Gasteiger partial charge in [-0.15, -0.1) is 0 Å². The van der Waals surface area contributed by atoms with E-state index in [-0.39, 0.29) is 23.8 Å². The Labute approximate surface area is 92.3 Å². The van der Waals surface area contributed by atoms with Crippen LogP contribution in [0.5, 0.6) is 17.2 Å². The summed E-state index contributed by atoms with van der Waals surface area (Å²) in [6.07, 6.45) is 1.13. The number of rotatable bonds is 4. The summed E-state index contributed by atoms with van der Waals surface area (Å²) in [4.78, 5) is 10.8. The highest BCUT2D eigenvalue weighted by Gasteiger charge is 2.10. The number of amides is 1. The third kappa shape index (κ3) is 2.77. The number of carbonyl (C=O) groups excluding carboxylic acids is 1. The van der Waals surface area contributed by atoms with Gasteiger partial charge >= 0.3 is 0 Å². The number of aromatic hydroxyl groups is 3. The number of hydrazine groups is 1. The third-order valence-electron chi connectivity index (χ3n) is 2.22. The predicted molar refractivity (Wildman–Crippen MR) is 56.7 cm³/mol. The maximum atomic E-state index is 10.8. The SMILES string of the molecule is NNC(=O)CCCc1ccc(O)c(O)c1O. The molecule has 0 saturated heterocycles. The van der Waals surface area contributed by atoms with Gasteiger partial charge in [-0.25, -0.2) is 5.84 Å². The molecule has 0 bridgehead atoms. The van der Waals surface area contributed by atoms with E-state index in [9.17, 15) is 15.0 Å². The summed E-state index contributed by atoms with van der Waals surface area (Å²) in [5, 5.41) is 27.8. The van der Waals surface area contributed by atoms with Gasteiger partial charge in [0.2, 0.25) is 11.7 Å². The number of hydrogen-bond acceptors (Lipinski definition) is 5. The van der Waals surface area contributed by atoms with Crippen molar-refractivity contribution in [2.75, 3.05) is 0 Å². The number of phenolic OH excluding ortho intramolecular Hbond substituents is 3. The van der Waals surface area contributed by atoms with E-state index in [0.717, 1.165) is 0 Å². The second-order valence-electron chi connectivity index (χ2n) is 3.36. The molecule has 6 heteroatoms. The number of aryl methyl sites for hydroxylation is 1. The van der Waals surface area contributed by atoms with E-state index < -0.39 is 5.75 Å². The molecular formula is C10H14N2O4. The lowest BCUT2D eigenvalue weighted by atomic mass is 10.1. The van der Waals surface area contributed by atoms with E-state index in [1.165, 1.54) is 12.1 Å². The summed E-state index contributed by atoms with van der Waals surface area (Å²) >= 11 is 0. The maximum Gasteiger partial charge on any atom is 0.233 e. The van der Waals surface area contributed by atoms with Crippen LogP contribution in [0, 0.1) is 0 Å². The highest BCUT2D eigenvalue weighted by molar-refractivity contribution is 5.75. The normalized spacial score (nSPS) is 10.1. The first-order valence-electron chi connectivity index (χ1n) is 4.78. The molecule has 16 heavy (non-hydrogen) atoms. The summed E-state index contributed by atoms with van der Waals surface area (Å²) in [5.74, 6) is 3.35. The van der Waals surface area contributed by atoms with Gasteiger partial charge in [0.15, 0.2) is 11.5 Å². The number of benzene rings is 1. The minimum Gasteiger partial charge on any atom is -0.504 e. The fourth-order valence-corrected chi connectivity index (χ4v) is 1.32. The fourth-order valence-electron chi connectivity index (χ4n) is 1.32. The molecule has 0 saturated carbocycles. The Bertz CT molecular complexity index is 393. The number of phenols is 3. The molecule has 0 aliphatic heterocycles. The lowest BCUT2D eigenvalue weighted by Crippen LogP contribution is -2.29. The van der Waals surface area contributed by atoms with Gasteiger partial charge in [0.1, 0.15) is 0 Å². The van der Waals surface area contributed by atoms with Crippen LogP contribution in [-0.4, -0.2) is 21.2 Å². The van der Waals surface area contributed by atoms with E-state index in [1.54, 1.807) is 0 Å². The second-order valence-corrected chi connectivity index (χ2v) is 3.36. The van der Waals surface area contributed by atoms with Crippen molar-refractivity contribution in [3.63, 3.8) is 0 Å². The number of nitrogens with one attached hydrogen (secondary N) is 1. The molecule has 6 N–H and O–H groups in total. The van der Waals surface area contributed by atoms with Gasteiger partial charge in [0, 0.05) is 6.42 Å². The molecular weight excluding hydrogens is 212 g/mol. The van der Waals surface area contributed by atoms with Gasteiger partial charge < -0.3 is 15.3 Å². The molecule has 0 fully saturated rings. The second kappa shape index (κ2) is 5.22. The Hall–Kier alpha value is -1.95. The minimum atomic E-state index is -0.541. The Balaban J connectivity index is 2.61. The maximum absolute atomic E-state index is 10.8. The van der Waals surface area contributed by atoms with Gasteiger partial charge in [-0.3, -0.25) is 10.2 Å². The van der Waals surface area contributed by atoms with Gasteiger partial charge in [0.05, 0.1) is 0 Å². The molecule has 0 radical (unpaired) electrons. The van der Waals surface area contributed by atoms with Gasteiger partial charge in [-0.1, -0.05) is 6.07 Å². The first kappa shape index (κ1) is 12.1. The average Bonchev–Trinajstić information content (AvgIpc) is 2.29. The van der Waals surface area contributed by atoms with Crippen LogP contribution in [-0.2, 0) is 11.2 Å². The molecule has 0 aromatic heterocycles. The van der Waals surface area contributed by atoms with Crippen LogP contribution in [0.3, 0.4) is 0 Å². The smallest absolute Gasteiger partial charge is 0.233 e. The molecule has 88 valence electrons. The summed E-state index contributed by atoms with van der Waals surface area (Å²) < 4.78 is 0. The molecule has 1 aromatic carbocycles. The van der Waals surface area contributed by atoms with Gasteiger partial charge in [-0.2, -0.15) is 0 Å². The van der Waals surface area contributed by atoms with Crippen LogP contribution in [0.15, 0.2) is 12.1 Å². The standard InChI is InChI=1S/C10H14N2O4/c11-12-8(14)3-1-2-6-4-5-7(13)10(16)9(6)15/h4-5,13,15-16H,1-3,11H2,(H,12,14). The fraction of sp³-hybridized carbons (Fsp3) is 0.300. The van der Waals surface area contributed by atoms with Crippen LogP contribution in [0.4, 0.5) is 0 Å². The van der Waals surface area contributed by atoms with Crippen molar-refractivity contribution in [2.45, 2.75) is 19.3 Å². The van der Waals surface area contributed by atoms with Crippen molar-refractivity contribution < 1.29 is 20.1 Å². The zero-order valence-corrected chi connectivity index (χ0v) is 8.60. The molecule has 0 aliphatic carbocycles. The number of nitrogens with two attached hydrogens (primary N) is 1. The zero-order valence-electron chi connectivity index (χ0n) is 8.60. The van der Waals surface area contributed by atoms with Gasteiger partial charge in [0.25, 0.3) is 0 Å². The summed E-state index contributed by atoms with van der Waals surface area (Å²) in [5.41, 5.74) is 2.47. The van der Waals surface area contributed by atoms with Crippen molar-refractivity contribution in [2.24, 2.45) is 5.84 Å². The molecule has 0 spiro atoms. The highest BCUT2D eigenvalue weighted by atomic mass is 16.3. The Morgan fingerprint density at radius 3 is 2.56 bits per heavy atom. The Kier molecular flexibility index (Phi) is 3.96. The molecule has 0 atom stereocenters. The predicted octanol–water partition coefficient (Wildman–Crippen LogP) is 0.116. The van der Waals surface area contributed by atoms with Crippen LogP contribution in [0.25, 0.3) is 0 Å². The molecule has 6 nitrogen and oxygen atoms in total. The lowest BCUT2D eigenvalue weighted by Gasteiger charge is -2.07. The minimum absolute atomic E-state index is 0.234. The highest BCUT2D eigenvalue weighted by Crippen LogP contribution is 2.37. The van der Waals surface area contributed by atoms with Crippen molar-refractivity contribution >= 4 is 5.91 Å². The van der Waals surface area contributed by atoms with E-state index in [1.807, 2.05) is 5.43 Å².